The smallest absolute Gasteiger partial charge is 0.305 e. The van der Waals surface area contributed by atoms with Crippen LogP contribution in [0.4, 0.5) is 0 Å². The summed E-state index contributed by atoms with van der Waals surface area (Å²) in [6.07, 6.45) is 2.32. The van der Waals surface area contributed by atoms with Crippen LogP contribution in [0, 0.1) is 0 Å². The number of hydrogen-bond acceptors (Lipinski definition) is 3. The van der Waals surface area contributed by atoms with E-state index in [4.69, 9.17) is 9.47 Å². The number of carbonyl (C=O) groups excluding carboxylic acids is 1. The van der Waals surface area contributed by atoms with E-state index in [-0.39, 0.29) is 5.97 Å². The van der Waals surface area contributed by atoms with Crippen molar-refractivity contribution in [1.82, 2.24) is 0 Å². The van der Waals surface area contributed by atoms with Crippen molar-refractivity contribution >= 4 is 5.97 Å². The molecule has 0 aromatic carbocycles. The lowest BCUT2D eigenvalue weighted by molar-refractivity contribution is -0.143. The van der Waals surface area contributed by atoms with Crippen LogP contribution in [-0.2, 0) is 14.3 Å². The Bertz CT molecular complexity index is 112. The Morgan fingerprint density at radius 2 is 1.83 bits per heavy atom. The van der Waals surface area contributed by atoms with E-state index in [0.29, 0.717) is 13.0 Å². The van der Waals surface area contributed by atoms with Crippen LogP contribution in [0.1, 0.15) is 33.1 Å². The van der Waals surface area contributed by atoms with Gasteiger partial charge in [0.1, 0.15) is 0 Å². The second-order valence-corrected chi connectivity index (χ2v) is 2.48. The summed E-state index contributed by atoms with van der Waals surface area (Å²) in [6, 6.07) is 0. The molecule has 0 unspecified atom stereocenters. The molecule has 0 spiro atoms. The zero-order valence-corrected chi connectivity index (χ0v) is 7.97. The average Bonchev–Trinajstić information content (AvgIpc) is 2.10. The molecule has 0 aliphatic rings. The van der Waals surface area contributed by atoms with Crippen molar-refractivity contribution in [2.24, 2.45) is 0 Å². The van der Waals surface area contributed by atoms with Crippen LogP contribution in [-0.4, -0.2) is 25.8 Å². The molecule has 12 heavy (non-hydrogen) atoms. The first-order valence-corrected chi connectivity index (χ1v) is 4.54. The Hall–Kier alpha value is -0.570. The van der Waals surface area contributed by atoms with Gasteiger partial charge in [0.15, 0.2) is 0 Å². The second-order valence-electron chi connectivity index (χ2n) is 2.48. The first-order chi connectivity index (χ1) is 5.81. The van der Waals surface area contributed by atoms with Crippen molar-refractivity contribution in [2.45, 2.75) is 33.1 Å². The lowest BCUT2D eigenvalue weighted by Crippen LogP contribution is -2.04. The predicted octanol–water partition coefficient (Wildman–Crippen LogP) is 1.76. The number of ether oxygens (including phenoxy) is 2. The summed E-state index contributed by atoms with van der Waals surface area (Å²) < 4.78 is 10.0. The topological polar surface area (TPSA) is 35.5 Å². The van der Waals surface area contributed by atoms with Gasteiger partial charge >= 0.3 is 5.97 Å². The molecule has 0 N–H and O–H groups in total. The first-order valence-electron chi connectivity index (χ1n) is 4.54. The molecule has 0 radical (unpaired) electrons. The Labute approximate surface area is 74.0 Å². The van der Waals surface area contributed by atoms with Crippen LogP contribution in [0.15, 0.2) is 0 Å². The van der Waals surface area contributed by atoms with Gasteiger partial charge in [-0.1, -0.05) is 6.92 Å². The highest BCUT2D eigenvalue weighted by Gasteiger charge is 1.96. The normalized spacial score (nSPS) is 9.83. The molecule has 0 saturated heterocycles. The minimum absolute atomic E-state index is 0.119. The van der Waals surface area contributed by atoms with Gasteiger partial charge in [0.2, 0.25) is 0 Å². The van der Waals surface area contributed by atoms with Crippen molar-refractivity contribution in [1.29, 1.82) is 0 Å². The Balaban J connectivity index is 2.95. The molecule has 0 rings (SSSR count). The van der Waals surface area contributed by atoms with Gasteiger partial charge < -0.3 is 9.47 Å². The molecule has 0 bridgehead atoms. The fraction of sp³-hybridized carbons (Fsp3) is 0.889. The summed E-state index contributed by atoms with van der Waals surface area (Å²) >= 11 is 0. The third-order valence-corrected chi connectivity index (χ3v) is 1.44. The van der Waals surface area contributed by atoms with Gasteiger partial charge in [-0.05, 0) is 19.8 Å². The molecule has 0 aromatic rings. The largest absolute Gasteiger partial charge is 0.466 e. The van der Waals surface area contributed by atoms with Gasteiger partial charge in [-0.15, -0.1) is 0 Å². The molecule has 0 aliphatic carbocycles. The van der Waals surface area contributed by atoms with Gasteiger partial charge in [0.05, 0.1) is 6.61 Å². The minimum atomic E-state index is -0.119. The van der Waals surface area contributed by atoms with E-state index in [1.165, 1.54) is 0 Å². The van der Waals surface area contributed by atoms with E-state index in [9.17, 15) is 4.79 Å². The molecule has 0 fully saturated rings. The molecule has 72 valence electrons. The fourth-order valence-corrected chi connectivity index (χ4v) is 0.739. The maximum Gasteiger partial charge on any atom is 0.305 e. The minimum Gasteiger partial charge on any atom is -0.466 e. The predicted molar refractivity (Wildman–Crippen MR) is 47.0 cm³/mol. The summed E-state index contributed by atoms with van der Waals surface area (Å²) in [5.41, 5.74) is 0. The number of esters is 1. The van der Waals surface area contributed by atoms with Crippen LogP contribution in [0.25, 0.3) is 0 Å². The molecule has 0 saturated carbocycles. The zero-order valence-electron chi connectivity index (χ0n) is 7.97. The van der Waals surface area contributed by atoms with Crippen molar-refractivity contribution in [3.63, 3.8) is 0 Å². The molecular formula is C9H18O3. The lowest BCUT2D eigenvalue weighted by atomic mass is 10.3. The third-order valence-electron chi connectivity index (χ3n) is 1.44. The summed E-state index contributed by atoms with van der Waals surface area (Å²) in [5.74, 6) is -0.119. The summed E-state index contributed by atoms with van der Waals surface area (Å²) in [6.45, 7) is 5.81. The number of unbranched alkanes of at least 4 members (excludes halogenated alkanes) is 1. The Kier molecular flexibility index (Phi) is 8.12. The summed E-state index contributed by atoms with van der Waals surface area (Å²) in [4.78, 5) is 10.6. The van der Waals surface area contributed by atoms with Crippen LogP contribution in [0.3, 0.4) is 0 Å². The third kappa shape index (κ3) is 7.54. The van der Waals surface area contributed by atoms with Gasteiger partial charge in [0, 0.05) is 19.6 Å². The van der Waals surface area contributed by atoms with Crippen LogP contribution in [0.2, 0.25) is 0 Å². The van der Waals surface area contributed by atoms with Gasteiger partial charge in [-0.2, -0.15) is 0 Å². The first kappa shape index (κ1) is 11.4. The summed E-state index contributed by atoms with van der Waals surface area (Å²) in [7, 11) is 0. The fourth-order valence-electron chi connectivity index (χ4n) is 0.739. The van der Waals surface area contributed by atoms with Crippen LogP contribution < -0.4 is 0 Å². The SMILES string of the molecule is CCOCCCCOC(=O)CC. The van der Waals surface area contributed by atoms with E-state index in [2.05, 4.69) is 0 Å². The average molecular weight is 174 g/mol. The highest BCUT2D eigenvalue weighted by Crippen LogP contribution is 1.93. The van der Waals surface area contributed by atoms with Crippen molar-refractivity contribution in [2.75, 3.05) is 19.8 Å². The second kappa shape index (κ2) is 8.53. The molecular weight excluding hydrogens is 156 g/mol. The van der Waals surface area contributed by atoms with Crippen molar-refractivity contribution < 1.29 is 14.3 Å². The maximum atomic E-state index is 10.6. The van der Waals surface area contributed by atoms with Gasteiger partial charge in [-0.3, -0.25) is 4.79 Å². The molecule has 3 heteroatoms. The van der Waals surface area contributed by atoms with E-state index in [1.807, 2.05) is 6.92 Å². The highest BCUT2D eigenvalue weighted by molar-refractivity contribution is 5.68. The Morgan fingerprint density at radius 1 is 1.17 bits per heavy atom. The number of carbonyl (C=O) groups is 1. The number of hydrogen-bond donors (Lipinski definition) is 0. The van der Waals surface area contributed by atoms with E-state index < -0.39 is 0 Å². The quantitative estimate of drug-likeness (QED) is 0.436. The molecule has 0 aromatic heterocycles. The van der Waals surface area contributed by atoms with Crippen molar-refractivity contribution in [3.05, 3.63) is 0 Å². The van der Waals surface area contributed by atoms with Gasteiger partial charge in [0.25, 0.3) is 0 Å². The van der Waals surface area contributed by atoms with Crippen molar-refractivity contribution in [3.8, 4) is 0 Å². The standard InChI is InChI=1S/C9H18O3/c1-3-9(10)12-8-6-5-7-11-4-2/h3-8H2,1-2H3. The molecule has 0 aliphatic heterocycles. The monoisotopic (exact) mass is 174 g/mol. The van der Waals surface area contributed by atoms with Crippen LogP contribution >= 0.6 is 0 Å². The molecule has 0 atom stereocenters. The van der Waals surface area contributed by atoms with Gasteiger partial charge in [-0.25, -0.2) is 0 Å². The molecule has 3 nitrogen and oxygen atoms in total. The summed E-state index contributed by atoms with van der Waals surface area (Å²) in [5, 5.41) is 0. The lowest BCUT2D eigenvalue weighted by Gasteiger charge is -2.02. The Morgan fingerprint density at radius 3 is 2.42 bits per heavy atom. The maximum absolute atomic E-state index is 10.6. The van der Waals surface area contributed by atoms with E-state index >= 15 is 0 Å². The van der Waals surface area contributed by atoms with E-state index in [0.717, 1.165) is 26.1 Å². The van der Waals surface area contributed by atoms with E-state index in [1.54, 1.807) is 6.92 Å². The highest BCUT2D eigenvalue weighted by atomic mass is 16.5. The molecule has 0 amide bonds. The molecule has 0 heterocycles. The van der Waals surface area contributed by atoms with Crippen LogP contribution in [0.5, 0.6) is 0 Å². The number of rotatable bonds is 7. The zero-order chi connectivity index (χ0) is 9.23.